The number of carbonyl (C=O) groups is 4. The molecule has 0 aromatic heterocycles. The van der Waals surface area contributed by atoms with Crippen LogP contribution >= 0.6 is 11.8 Å². The van der Waals surface area contributed by atoms with E-state index in [0.717, 1.165) is 13.0 Å². The smallest absolute Gasteiger partial charge is 0.326 e. The van der Waals surface area contributed by atoms with Gasteiger partial charge in [-0.15, -0.1) is 0 Å². The number of hydrogen-bond donors (Lipinski definition) is 5. The molecule has 0 bridgehead atoms. The van der Waals surface area contributed by atoms with Gasteiger partial charge in [0.25, 0.3) is 0 Å². The number of carboxylic acids is 2. The SMILES string of the molecule is CSCC[C@H](NC(=O)[C@@H]1CCCN1)C(=O)N[C@@H](CC(=O)O)C(=O)O. The second-order valence-corrected chi connectivity index (χ2v) is 6.47. The molecule has 9 nitrogen and oxygen atoms in total. The largest absolute Gasteiger partial charge is 0.481 e. The third kappa shape index (κ3) is 6.75. The van der Waals surface area contributed by atoms with Crippen molar-refractivity contribution < 1.29 is 29.4 Å². The van der Waals surface area contributed by atoms with Crippen molar-refractivity contribution in [3.8, 4) is 0 Å². The molecule has 1 fully saturated rings. The number of hydrogen-bond acceptors (Lipinski definition) is 6. The van der Waals surface area contributed by atoms with E-state index in [-0.39, 0.29) is 11.9 Å². The highest BCUT2D eigenvalue weighted by molar-refractivity contribution is 7.98. The Morgan fingerprint density at radius 2 is 1.92 bits per heavy atom. The molecule has 24 heavy (non-hydrogen) atoms. The summed E-state index contributed by atoms with van der Waals surface area (Å²) >= 11 is 1.49. The van der Waals surface area contributed by atoms with Gasteiger partial charge in [-0.2, -0.15) is 11.8 Å². The summed E-state index contributed by atoms with van der Waals surface area (Å²) in [7, 11) is 0. The predicted molar refractivity (Wildman–Crippen MR) is 87.8 cm³/mol. The zero-order chi connectivity index (χ0) is 18.1. The van der Waals surface area contributed by atoms with Gasteiger partial charge < -0.3 is 26.2 Å². The van der Waals surface area contributed by atoms with Gasteiger partial charge in [-0.3, -0.25) is 14.4 Å². The first kappa shape index (κ1) is 20.2. The Morgan fingerprint density at radius 1 is 1.21 bits per heavy atom. The summed E-state index contributed by atoms with van der Waals surface area (Å²) in [6, 6.07) is -2.79. The van der Waals surface area contributed by atoms with Crippen molar-refractivity contribution in [3.05, 3.63) is 0 Å². The lowest BCUT2D eigenvalue weighted by molar-refractivity contribution is -0.147. The lowest BCUT2D eigenvalue weighted by Gasteiger charge is -2.22. The lowest BCUT2D eigenvalue weighted by atomic mass is 10.1. The Bertz CT molecular complexity index is 481. The van der Waals surface area contributed by atoms with E-state index in [1.165, 1.54) is 11.8 Å². The van der Waals surface area contributed by atoms with E-state index in [4.69, 9.17) is 10.2 Å². The summed E-state index contributed by atoms with van der Waals surface area (Å²) in [4.78, 5) is 46.2. The van der Waals surface area contributed by atoms with Gasteiger partial charge in [-0.1, -0.05) is 0 Å². The summed E-state index contributed by atoms with van der Waals surface area (Å²) in [6.07, 6.45) is 3.00. The fourth-order valence-electron chi connectivity index (χ4n) is 2.33. The molecule has 1 aliphatic heterocycles. The summed E-state index contributed by atoms with van der Waals surface area (Å²) in [5.74, 6) is -3.17. The van der Waals surface area contributed by atoms with Gasteiger partial charge in [0.15, 0.2) is 0 Å². The van der Waals surface area contributed by atoms with Crippen molar-refractivity contribution in [1.29, 1.82) is 0 Å². The molecule has 3 atom stereocenters. The van der Waals surface area contributed by atoms with Crippen molar-refractivity contribution in [2.45, 2.75) is 43.8 Å². The summed E-state index contributed by atoms with van der Waals surface area (Å²) in [5.41, 5.74) is 0. The molecule has 1 aliphatic rings. The van der Waals surface area contributed by atoms with E-state index in [0.29, 0.717) is 18.6 Å². The molecule has 0 spiro atoms. The van der Waals surface area contributed by atoms with E-state index in [1.807, 2.05) is 6.26 Å². The van der Waals surface area contributed by atoms with Gasteiger partial charge >= 0.3 is 11.9 Å². The minimum absolute atomic E-state index is 0.307. The van der Waals surface area contributed by atoms with Crippen LogP contribution in [0.5, 0.6) is 0 Å². The van der Waals surface area contributed by atoms with E-state index in [9.17, 15) is 19.2 Å². The summed E-state index contributed by atoms with van der Waals surface area (Å²) in [6.45, 7) is 0.736. The van der Waals surface area contributed by atoms with E-state index in [1.54, 1.807) is 0 Å². The maximum Gasteiger partial charge on any atom is 0.326 e. The maximum atomic E-state index is 12.3. The Labute approximate surface area is 143 Å². The second kappa shape index (κ2) is 10.1. The number of aliphatic carboxylic acids is 2. The van der Waals surface area contributed by atoms with Gasteiger partial charge in [0.2, 0.25) is 11.8 Å². The number of thioether (sulfide) groups is 1. The van der Waals surface area contributed by atoms with E-state index >= 15 is 0 Å². The highest BCUT2D eigenvalue weighted by Crippen LogP contribution is 2.07. The Morgan fingerprint density at radius 3 is 2.42 bits per heavy atom. The van der Waals surface area contributed by atoms with Gasteiger partial charge in [0, 0.05) is 0 Å². The predicted octanol–water partition coefficient (Wildman–Crippen LogP) is -0.980. The standard InChI is InChI=1S/C14H23N3O6S/c1-24-6-4-9(16-12(20)8-3-2-5-15-8)13(21)17-10(14(22)23)7-11(18)19/h8-10,15H,2-7H2,1H3,(H,16,20)(H,17,21)(H,18,19)(H,22,23)/t8-,9-,10-/m0/s1. The third-order valence-electron chi connectivity index (χ3n) is 3.61. The first-order valence-corrected chi connectivity index (χ1v) is 9.02. The third-order valence-corrected chi connectivity index (χ3v) is 4.26. The van der Waals surface area contributed by atoms with Crippen LogP contribution in [0, 0.1) is 0 Å². The minimum Gasteiger partial charge on any atom is -0.481 e. The molecule has 0 saturated carbocycles. The summed E-state index contributed by atoms with van der Waals surface area (Å²) in [5, 5.41) is 25.6. The quantitative estimate of drug-likeness (QED) is 0.334. The highest BCUT2D eigenvalue weighted by Gasteiger charge is 2.30. The zero-order valence-electron chi connectivity index (χ0n) is 13.4. The summed E-state index contributed by atoms with van der Waals surface area (Å²) < 4.78 is 0. The first-order chi connectivity index (χ1) is 11.3. The molecule has 136 valence electrons. The maximum absolute atomic E-state index is 12.3. The fraction of sp³-hybridized carbons (Fsp3) is 0.714. The van der Waals surface area contributed by atoms with Crippen molar-refractivity contribution in [2.24, 2.45) is 0 Å². The van der Waals surface area contributed by atoms with Gasteiger partial charge in [0.05, 0.1) is 12.5 Å². The van der Waals surface area contributed by atoms with Crippen LogP contribution in [0.3, 0.4) is 0 Å². The Balaban J connectivity index is 2.69. The Hall–Kier alpha value is -1.81. The number of carbonyl (C=O) groups excluding carboxylic acids is 2. The van der Waals surface area contributed by atoms with Crippen molar-refractivity contribution in [3.63, 3.8) is 0 Å². The van der Waals surface area contributed by atoms with Gasteiger partial charge in [-0.25, -0.2) is 4.79 Å². The van der Waals surface area contributed by atoms with Crippen LogP contribution in [0.4, 0.5) is 0 Å². The molecule has 1 saturated heterocycles. The molecule has 5 N–H and O–H groups in total. The van der Waals surface area contributed by atoms with Crippen LogP contribution in [0.2, 0.25) is 0 Å². The molecular weight excluding hydrogens is 338 g/mol. The molecule has 1 heterocycles. The van der Waals surface area contributed by atoms with Crippen LogP contribution < -0.4 is 16.0 Å². The average molecular weight is 361 g/mol. The molecule has 2 amide bonds. The Kier molecular flexibility index (Phi) is 8.55. The van der Waals surface area contributed by atoms with Crippen LogP contribution in [-0.2, 0) is 19.2 Å². The molecule has 0 aliphatic carbocycles. The normalized spacial score (nSPS) is 19.3. The minimum atomic E-state index is -1.53. The number of rotatable bonds is 10. The van der Waals surface area contributed by atoms with E-state index in [2.05, 4.69) is 16.0 Å². The van der Waals surface area contributed by atoms with Crippen LogP contribution in [-0.4, -0.2) is 70.6 Å². The average Bonchev–Trinajstić information content (AvgIpc) is 3.04. The molecule has 1 rings (SSSR count). The zero-order valence-corrected chi connectivity index (χ0v) is 14.2. The molecule has 0 unspecified atom stereocenters. The van der Waals surface area contributed by atoms with E-state index < -0.39 is 36.4 Å². The molecule has 0 radical (unpaired) electrons. The van der Waals surface area contributed by atoms with Crippen LogP contribution in [0.15, 0.2) is 0 Å². The van der Waals surface area contributed by atoms with Gasteiger partial charge in [-0.05, 0) is 37.8 Å². The van der Waals surface area contributed by atoms with Crippen molar-refractivity contribution in [1.82, 2.24) is 16.0 Å². The van der Waals surface area contributed by atoms with Crippen molar-refractivity contribution >= 4 is 35.5 Å². The topological polar surface area (TPSA) is 145 Å². The second-order valence-electron chi connectivity index (χ2n) is 5.49. The van der Waals surface area contributed by atoms with Crippen LogP contribution in [0.25, 0.3) is 0 Å². The number of amides is 2. The fourth-order valence-corrected chi connectivity index (χ4v) is 2.80. The monoisotopic (exact) mass is 361 g/mol. The molecular formula is C14H23N3O6S. The lowest BCUT2D eigenvalue weighted by Crippen LogP contribution is -2.54. The molecule has 0 aromatic rings. The first-order valence-electron chi connectivity index (χ1n) is 7.62. The van der Waals surface area contributed by atoms with Crippen molar-refractivity contribution in [2.75, 3.05) is 18.6 Å². The van der Waals surface area contributed by atoms with Crippen LogP contribution in [0.1, 0.15) is 25.7 Å². The molecule has 10 heteroatoms. The number of nitrogens with one attached hydrogen (secondary N) is 3. The van der Waals surface area contributed by atoms with Gasteiger partial charge in [0.1, 0.15) is 12.1 Å². The highest BCUT2D eigenvalue weighted by atomic mass is 32.2. The number of carboxylic acid groups (broad SMARTS) is 2. The molecule has 0 aromatic carbocycles.